The molecule has 0 saturated heterocycles. The summed E-state index contributed by atoms with van der Waals surface area (Å²) in [5, 5.41) is 11.8. The van der Waals surface area contributed by atoms with Crippen molar-refractivity contribution in [3.63, 3.8) is 0 Å². The smallest absolute Gasteiger partial charge is 0.255 e. The number of halogens is 4. The second-order valence-electron chi connectivity index (χ2n) is 5.13. The van der Waals surface area contributed by atoms with E-state index >= 15 is 0 Å². The second-order valence-corrected chi connectivity index (χ2v) is 5.54. The van der Waals surface area contributed by atoms with Crippen LogP contribution in [0.3, 0.4) is 0 Å². The van der Waals surface area contributed by atoms with Crippen molar-refractivity contribution in [3.8, 4) is 11.8 Å². The number of hydrogen-bond donors (Lipinski definition) is 2. The summed E-state index contributed by atoms with van der Waals surface area (Å²) in [5.74, 6) is -1.61. The van der Waals surface area contributed by atoms with Gasteiger partial charge in [-0.05, 0) is 24.3 Å². The van der Waals surface area contributed by atoms with Crippen LogP contribution in [0, 0.1) is 17.1 Å². The lowest BCUT2D eigenvalue weighted by Crippen LogP contribution is -2.15. The van der Waals surface area contributed by atoms with Crippen LogP contribution in [0.4, 0.5) is 24.5 Å². The Morgan fingerprint density at radius 1 is 1.42 bits per heavy atom. The Bertz CT molecular complexity index is 898. The number of ketones is 1. The van der Waals surface area contributed by atoms with Crippen molar-refractivity contribution < 1.29 is 22.7 Å². The Hall–Kier alpha value is -2.92. The summed E-state index contributed by atoms with van der Waals surface area (Å²) in [4.78, 5) is 12.8. The molecule has 2 rings (SSSR count). The van der Waals surface area contributed by atoms with Crippen LogP contribution < -0.4 is 15.8 Å². The van der Waals surface area contributed by atoms with E-state index in [0.717, 1.165) is 12.1 Å². The molecule has 0 bridgehead atoms. The van der Waals surface area contributed by atoms with E-state index in [9.17, 15) is 23.2 Å². The van der Waals surface area contributed by atoms with Crippen molar-refractivity contribution in [1.29, 1.82) is 5.26 Å². The minimum Gasteiger partial charge on any atom is -0.493 e. The third-order valence-corrected chi connectivity index (χ3v) is 3.80. The first-order valence-electron chi connectivity index (χ1n) is 7.22. The molecule has 0 aliphatic carbocycles. The lowest BCUT2D eigenvalue weighted by molar-refractivity contribution is 0.103. The number of nitriles is 1. The fraction of sp³-hybridized carbons (Fsp3) is 0.176. The van der Waals surface area contributed by atoms with E-state index in [4.69, 9.17) is 22.1 Å². The summed E-state index contributed by atoms with van der Waals surface area (Å²) < 4.78 is 43.5. The number of nitrogens with two attached hydrogens (primary N) is 1. The number of nitrogens with one attached hydrogen (secondary N) is 1. The zero-order chi connectivity index (χ0) is 19.4. The maximum atomic E-state index is 13.5. The molecule has 2 aromatic rings. The molecule has 0 radical (unpaired) electrons. The molecule has 0 saturated carbocycles. The lowest BCUT2D eigenvalue weighted by Gasteiger charge is -2.17. The van der Waals surface area contributed by atoms with Crippen molar-refractivity contribution in [2.75, 3.05) is 24.7 Å². The van der Waals surface area contributed by atoms with E-state index in [1.807, 2.05) is 0 Å². The minimum atomic E-state index is -2.65. The number of hydrogen-bond acceptors (Lipinski definition) is 5. The van der Waals surface area contributed by atoms with Crippen LogP contribution >= 0.6 is 11.6 Å². The fourth-order valence-electron chi connectivity index (χ4n) is 2.37. The third-order valence-electron chi connectivity index (χ3n) is 3.47. The molecule has 9 heteroatoms. The molecule has 0 heterocycles. The fourth-order valence-corrected chi connectivity index (χ4v) is 2.58. The van der Waals surface area contributed by atoms with Gasteiger partial charge >= 0.3 is 0 Å². The van der Waals surface area contributed by atoms with Gasteiger partial charge in [0, 0.05) is 11.3 Å². The van der Waals surface area contributed by atoms with E-state index in [-0.39, 0.29) is 38.8 Å². The zero-order valence-electron chi connectivity index (χ0n) is 13.4. The third kappa shape index (κ3) is 3.83. The highest BCUT2D eigenvalue weighted by atomic mass is 35.5. The number of rotatable bonds is 6. The molecule has 0 aromatic heterocycles. The first-order valence-corrected chi connectivity index (χ1v) is 7.60. The van der Waals surface area contributed by atoms with Gasteiger partial charge in [-0.15, -0.1) is 0 Å². The Kier molecular flexibility index (Phi) is 5.95. The summed E-state index contributed by atoms with van der Waals surface area (Å²) >= 11 is 5.94. The van der Waals surface area contributed by atoms with Gasteiger partial charge in [0.25, 0.3) is 6.43 Å². The molecule has 0 aliphatic rings. The summed E-state index contributed by atoms with van der Waals surface area (Å²) in [6, 6.07) is 6.16. The molecule has 2 aromatic carbocycles. The first kappa shape index (κ1) is 19.4. The van der Waals surface area contributed by atoms with Gasteiger partial charge in [0.2, 0.25) is 0 Å². The van der Waals surface area contributed by atoms with Gasteiger partial charge < -0.3 is 15.8 Å². The molecule has 0 fully saturated rings. The average Bonchev–Trinajstić information content (AvgIpc) is 2.60. The minimum absolute atomic E-state index is 0.0291. The second kappa shape index (κ2) is 7.97. The molecule has 136 valence electrons. The molecule has 3 N–H and O–H groups in total. The van der Waals surface area contributed by atoms with Gasteiger partial charge in [0.05, 0.1) is 29.9 Å². The summed E-state index contributed by atoms with van der Waals surface area (Å²) in [7, 11) is 1.21. The predicted molar refractivity (Wildman–Crippen MR) is 91.5 cm³/mol. The number of nitrogens with zero attached hydrogens (tertiary/aromatic N) is 1. The van der Waals surface area contributed by atoms with Crippen molar-refractivity contribution in [1.82, 2.24) is 0 Å². The topological polar surface area (TPSA) is 88.1 Å². The predicted octanol–water partition coefficient (Wildman–Crippen LogP) is 3.85. The molecule has 0 amide bonds. The molecule has 0 unspecified atom stereocenters. The Labute approximate surface area is 152 Å². The van der Waals surface area contributed by atoms with Gasteiger partial charge in [-0.25, -0.2) is 13.2 Å². The highest BCUT2D eigenvalue weighted by Gasteiger charge is 2.25. The Balaban J connectivity index is 2.64. The maximum Gasteiger partial charge on any atom is 0.255 e. The van der Waals surface area contributed by atoms with Crippen LogP contribution in [0.15, 0.2) is 24.3 Å². The van der Waals surface area contributed by atoms with E-state index in [1.54, 1.807) is 6.07 Å². The zero-order valence-corrected chi connectivity index (χ0v) is 14.2. The monoisotopic (exact) mass is 383 g/mol. The van der Waals surface area contributed by atoms with Crippen LogP contribution in [-0.4, -0.2) is 25.9 Å². The van der Waals surface area contributed by atoms with Gasteiger partial charge in [-0.2, -0.15) is 5.26 Å². The molecule has 26 heavy (non-hydrogen) atoms. The van der Waals surface area contributed by atoms with Crippen LogP contribution in [0.1, 0.15) is 21.5 Å². The van der Waals surface area contributed by atoms with Crippen LogP contribution in [0.5, 0.6) is 5.75 Å². The number of methoxy groups -OCH3 is 1. The van der Waals surface area contributed by atoms with Crippen molar-refractivity contribution in [2.24, 2.45) is 0 Å². The van der Waals surface area contributed by atoms with Crippen molar-refractivity contribution >= 4 is 28.8 Å². The Morgan fingerprint density at radius 2 is 2.12 bits per heavy atom. The SMILES string of the molecule is COc1c(NCC(F)F)cc(N)c(C(=O)c2cc(F)ccc2Cl)c1C#N. The molecule has 5 nitrogen and oxygen atoms in total. The first-order chi connectivity index (χ1) is 12.3. The molecular formula is C17H13ClF3N3O2. The molecule has 0 atom stereocenters. The largest absolute Gasteiger partial charge is 0.493 e. The number of alkyl halides is 2. The van der Waals surface area contributed by atoms with Gasteiger partial charge in [-0.1, -0.05) is 11.6 Å². The number of carbonyl (C=O) groups excluding carboxylic acids is 1. The van der Waals surface area contributed by atoms with E-state index < -0.39 is 24.6 Å². The van der Waals surface area contributed by atoms with Crippen LogP contribution in [-0.2, 0) is 0 Å². The maximum absolute atomic E-state index is 13.5. The van der Waals surface area contributed by atoms with Crippen LogP contribution in [0.25, 0.3) is 0 Å². The number of ether oxygens (including phenoxy) is 1. The Morgan fingerprint density at radius 3 is 2.69 bits per heavy atom. The standard InChI is InChI=1S/C17H13ClF3N3O2/c1-26-17-10(6-22)15(12(23)5-13(17)24-7-14(20)21)16(25)9-4-8(19)2-3-11(9)18/h2-5,14,24H,7,23H2,1H3. The number of benzene rings is 2. The van der Waals surface area contributed by atoms with Gasteiger partial charge in [0.15, 0.2) is 11.5 Å². The number of anilines is 2. The molecular weight excluding hydrogens is 371 g/mol. The van der Waals surface area contributed by atoms with Crippen molar-refractivity contribution in [3.05, 3.63) is 51.8 Å². The normalized spacial score (nSPS) is 10.5. The van der Waals surface area contributed by atoms with E-state index in [2.05, 4.69) is 5.32 Å². The highest BCUT2D eigenvalue weighted by Crippen LogP contribution is 2.37. The summed E-state index contributed by atoms with van der Waals surface area (Å²) in [6.45, 7) is -0.705. The number of nitrogen functional groups attached to an aromatic ring is 1. The quantitative estimate of drug-likeness (QED) is 0.584. The van der Waals surface area contributed by atoms with E-state index in [1.165, 1.54) is 19.2 Å². The number of carbonyl (C=O) groups is 1. The highest BCUT2D eigenvalue weighted by molar-refractivity contribution is 6.35. The molecule has 0 spiro atoms. The van der Waals surface area contributed by atoms with E-state index in [0.29, 0.717) is 0 Å². The lowest BCUT2D eigenvalue weighted by atomic mass is 9.95. The average molecular weight is 384 g/mol. The van der Waals surface area contributed by atoms with Gasteiger partial charge in [0.1, 0.15) is 17.4 Å². The summed E-state index contributed by atoms with van der Waals surface area (Å²) in [5.41, 5.74) is 5.02. The molecule has 0 aliphatic heterocycles. The van der Waals surface area contributed by atoms with Crippen LogP contribution in [0.2, 0.25) is 5.02 Å². The van der Waals surface area contributed by atoms with Gasteiger partial charge in [-0.3, -0.25) is 4.79 Å². The van der Waals surface area contributed by atoms with Crippen molar-refractivity contribution in [2.45, 2.75) is 6.43 Å². The summed E-state index contributed by atoms with van der Waals surface area (Å²) in [6.07, 6.45) is -2.65.